The fourth-order valence-corrected chi connectivity index (χ4v) is 5.05. The molecule has 0 saturated carbocycles. The Bertz CT molecular complexity index is 1500. The molecule has 6 nitrogen and oxygen atoms in total. The number of benzene rings is 4. The highest BCUT2D eigenvalue weighted by Gasteiger charge is 2.19. The van der Waals surface area contributed by atoms with Crippen LogP contribution in [0.2, 0.25) is 0 Å². The molecule has 0 unspecified atom stereocenters. The van der Waals surface area contributed by atoms with Gasteiger partial charge in [-0.3, -0.25) is 4.79 Å². The van der Waals surface area contributed by atoms with Crippen molar-refractivity contribution in [2.45, 2.75) is 18.1 Å². The molecule has 0 bridgehead atoms. The Morgan fingerprint density at radius 3 is 2.24 bits per heavy atom. The number of hydrogen-bond donors (Lipinski definition) is 1. The lowest BCUT2D eigenvalue weighted by atomic mass is 10.0. The minimum absolute atomic E-state index is 0.102. The van der Waals surface area contributed by atoms with Gasteiger partial charge >= 0.3 is 0 Å². The smallest absolute Gasteiger partial charge is 0.234 e. The number of aromatic nitrogens is 3. The number of hydrogen-bond acceptors (Lipinski definition) is 5. The lowest BCUT2D eigenvalue weighted by Gasteiger charge is -2.13. The summed E-state index contributed by atoms with van der Waals surface area (Å²) in [5.74, 6) is 1.55. The molecule has 0 aliphatic heterocycles. The highest BCUT2D eigenvalue weighted by Crippen LogP contribution is 2.32. The second-order valence-corrected chi connectivity index (χ2v) is 9.58. The standard InChI is InChI=1S/C31H28N4O2S/c1-37-28-19-11-9-17-26(28)30-33-34-31(35(30)21-20-23-12-4-2-5-13-23)38-22-29(36)32-27-18-10-8-16-25(27)24-14-6-3-7-15-24/h2-19H,20-22H2,1H3,(H,32,36). The molecule has 1 aromatic heterocycles. The van der Waals surface area contributed by atoms with E-state index in [1.165, 1.54) is 17.3 Å². The summed E-state index contributed by atoms with van der Waals surface area (Å²) in [6.07, 6.45) is 0.811. The van der Waals surface area contributed by atoms with E-state index in [-0.39, 0.29) is 11.7 Å². The number of anilines is 1. The van der Waals surface area contributed by atoms with Gasteiger partial charge in [-0.05, 0) is 35.7 Å². The fourth-order valence-electron chi connectivity index (χ4n) is 4.29. The van der Waals surface area contributed by atoms with Crippen molar-refractivity contribution in [1.29, 1.82) is 0 Å². The number of para-hydroxylation sites is 2. The minimum atomic E-state index is -0.102. The molecule has 0 radical (unpaired) electrons. The molecule has 0 spiro atoms. The summed E-state index contributed by atoms with van der Waals surface area (Å²) < 4.78 is 7.66. The zero-order valence-corrected chi connectivity index (χ0v) is 21.9. The molecule has 5 aromatic rings. The Hall–Kier alpha value is -4.36. The Balaban J connectivity index is 1.35. The molecule has 1 heterocycles. The van der Waals surface area contributed by atoms with Crippen LogP contribution in [-0.4, -0.2) is 33.5 Å². The molecule has 38 heavy (non-hydrogen) atoms. The lowest BCUT2D eigenvalue weighted by molar-refractivity contribution is -0.113. The van der Waals surface area contributed by atoms with E-state index in [0.717, 1.165) is 40.4 Å². The maximum absolute atomic E-state index is 13.0. The summed E-state index contributed by atoms with van der Waals surface area (Å²) in [6, 6.07) is 36.0. The van der Waals surface area contributed by atoms with Gasteiger partial charge in [-0.1, -0.05) is 103 Å². The van der Waals surface area contributed by atoms with Gasteiger partial charge in [-0.15, -0.1) is 10.2 Å². The van der Waals surface area contributed by atoms with Crippen LogP contribution in [0.4, 0.5) is 5.69 Å². The number of carbonyl (C=O) groups excluding carboxylic acids is 1. The Kier molecular flexibility index (Phi) is 8.16. The van der Waals surface area contributed by atoms with Gasteiger partial charge in [-0.2, -0.15) is 0 Å². The molecule has 190 valence electrons. The summed E-state index contributed by atoms with van der Waals surface area (Å²) in [4.78, 5) is 13.0. The van der Waals surface area contributed by atoms with Crippen LogP contribution in [0.15, 0.2) is 114 Å². The van der Waals surface area contributed by atoms with Crippen LogP contribution in [-0.2, 0) is 17.8 Å². The van der Waals surface area contributed by atoms with Crippen LogP contribution in [0.25, 0.3) is 22.5 Å². The van der Waals surface area contributed by atoms with Gasteiger partial charge in [0.15, 0.2) is 11.0 Å². The van der Waals surface area contributed by atoms with Crippen LogP contribution in [0.3, 0.4) is 0 Å². The monoisotopic (exact) mass is 520 g/mol. The van der Waals surface area contributed by atoms with E-state index in [4.69, 9.17) is 4.74 Å². The average Bonchev–Trinajstić information content (AvgIpc) is 3.38. The summed E-state index contributed by atoms with van der Waals surface area (Å²) >= 11 is 1.38. The zero-order chi connectivity index (χ0) is 26.2. The fraction of sp³-hybridized carbons (Fsp3) is 0.129. The van der Waals surface area contributed by atoms with Crippen LogP contribution in [0.1, 0.15) is 5.56 Å². The Morgan fingerprint density at radius 1 is 0.816 bits per heavy atom. The first-order chi connectivity index (χ1) is 18.7. The lowest BCUT2D eigenvalue weighted by Crippen LogP contribution is -2.15. The van der Waals surface area contributed by atoms with E-state index in [1.54, 1.807) is 7.11 Å². The normalized spacial score (nSPS) is 10.8. The number of rotatable bonds is 10. The molecule has 0 aliphatic carbocycles. The molecule has 0 saturated heterocycles. The van der Waals surface area contributed by atoms with E-state index in [9.17, 15) is 4.79 Å². The van der Waals surface area contributed by atoms with E-state index in [1.807, 2.05) is 97.1 Å². The van der Waals surface area contributed by atoms with E-state index in [0.29, 0.717) is 11.7 Å². The topological polar surface area (TPSA) is 69.0 Å². The number of amides is 1. The van der Waals surface area contributed by atoms with Crippen molar-refractivity contribution in [2.75, 3.05) is 18.2 Å². The van der Waals surface area contributed by atoms with E-state index < -0.39 is 0 Å². The van der Waals surface area contributed by atoms with Crippen LogP contribution in [0, 0.1) is 0 Å². The molecule has 0 aliphatic rings. The summed E-state index contributed by atoms with van der Waals surface area (Å²) in [7, 11) is 1.65. The first-order valence-corrected chi connectivity index (χ1v) is 13.4. The van der Waals surface area contributed by atoms with Crippen molar-refractivity contribution in [2.24, 2.45) is 0 Å². The first-order valence-electron chi connectivity index (χ1n) is 12.4. The van der Waals surface area contributed by atoms with Gasteiger partial charge in [0.1, 0.15) is 5.75 Å². The van der Waals surface area contributed by atoms with Gasteiger partial charge in [-0.25, -0.2) is 0 Å². The molecule has 0 atom stereocenters. The Morgan fingerprint density at radius 2 is 1.47 bits per heavy atom. The SMILES string of the molecule is COc1ccccc1-c1nnc(SCC(=O)Nc2ccccc2-c2ccccc2)n1CCc1ccccc1. The minimum Gasteiger partial charge on any atom is -0.496 e. The molecular weight excluding hydrogens is 492 g/mol. The maximum atomic E-state index is 13.0. The van der Waals surface area contributed by atoms with Crippen molar-refractivity contribution >= 4 is 23.4 Å². The van der Waals surface area contributed by atoms with E-state index >= 15 is 0 Å². The number of nitrogens with zero attached hydrogens (tertiary/aromatic N) is 3. The number of ether oxygens (including phenoxy) is 1. The quantitative estimate of drug-likeness (QED) is 0.210. The maximum Gasteiger partial charge on any atom is 0.234 e. The van der Waals surface area contributed by atoms with Crippen LogP contribution < -0.4 is 10.1 Å². The van der Waals surface area contributed by atoms with Crippen molar-refractivity contribution < 1.29 is 9.53 Å². The van der Waals surface area contributed by atoms with Crippen molar-refractivity contribution in [3.8, 4) is 28.3 Å². The van der Waals surface area contributed by atoms with Gasteiger partial charge in [0.05, 0.1) is 18.4 Å². The molecule has 4 aromatic carbocycles. The average molecular weight is 521 g/mol. The summed E-state index contributed by atoms with van der Waals surface area (Å²) in [5, 5.41) is 12.7. The molecule has 5 rings (SSSR count). The highest BCUT2D eigenvalue weighted by molar-refractivity contribution is 7.99. The highest BCUT2D eigenvalue weighted by atomic mass is 32.2. The zero-order valence-electron chi connectivity index (χ0n) is 21.1. The van der Waals surface area contributed by atoms with Gasteiger partial charge in [0.2, 0.25) is 5.91 Å². The largest absolute Gasteiger partial charge is 0.496 e. The molecule has 0 fully saturated rings. The number of thioether (sulfide) groups is 1. The van der Waals surface area contributed by atoms with Crippen molar-refractivity contribution in [3.05, 3.63) is 115 Å². The van der Waals surface area contributed by atoms with Crippen LogP contribution >= 0.6 is 11.8 Å². The third kappa shape index (κ3) is 5.95. The third-order valence-corrected chi connectivity index (χ3v) is 7.12. The van der Waals surface area contributed by atoms with Gasteiger partial charge in [0, 0.05) is 17.8 Å². The number of nitrogens with one attached hydrogen (secondary N) is 1. The summed E-state index contributed by atoms with van der Waals surface area (Å²) in [5.41, 5.74) is 4.90. The van der Waals surface area contributed by atoms with Crippen LogP contribution in [0.5, 0.6) is 5.75 Å². The molecular formula is C31H28N4O2S. The third-order valence-electron chi connectivity index (χ3n) is 6.15. The van der Waals surface area contributed by atoms with E-state index in [2.05, 4.69) is 32.2 Å². The van der Waals surface area contributed by atoms with Gasteiger partial charge < -0.3 is 14.6 Å². The Labute approximate surface area is 226 Å². The van der Waals surface area contributed by atoms with Crippen molar-refractivity contribution in [3.63, 3.8) is 0 Å². The second kappa shape index (κ2) is 12.3. The second-order valence-electron chi connectivity index (χ2n) is 8.64. The molecule has 1 amide bonds. The van der Waals surface area contributed by atoms with Crippen molar-refractivity contribution in [1.82, 2.24) is 14.8 Å². The number of carbonyl (C=O) groups is 1. The predicted octanol–water partition coefficient (Wildman–Crippen LogP) is 6.59. The van der Waals surface area contributed by atoms with Gasteiger partial charge in [0.25, 0.3) is 0 Å². The molecule has 7 heteroatoms. The summed E-state index contributed by atoms with van der Waals surface area (Å²) in [6.45, 7) is 0.672. The number of aryl methyl sites for hydroxylation is 1. The molecule has 1 N–H and O–H groups in total. The number of methoxy groups -OCH3 is 1. The first kappa shape index (κ1) is 25.3. The predicted molar refractivity (Wildman–Crippen MR) is 153 cm³/mol.